The first-order valence-corrected chi connectivity index (χ1v) is 5.06. The van der Waals surface area contributed by atoms with E-state index >= 15 is 0 Å². The number of hydrogen-bond donors (Lipinski definition) is 1. The summed E-state index contributed by atoms with van der Waals surface area (Å²) in [5.74, 6) is -0.883. The number of fused-ring (bicyclic) bond motifs is 1. The van der Waals surface area contributed by atoms with Crippen molar-refractivity contribution in [3.63, 3.8) is 0 Å². The molecule has 2 rings (SSSR count). The molecule has 14 heavy (non-hydrogen) atoms. The lowest BCUT2D eigenvalue weighted by Gasteiger charge is -2.36. The number of ether oxygens (including phenoxy) is 1. The first-order valence-electron chi connectivity index (χ1n) is 5.06. The zero-order chi connectivity index (χ0) is 9.97. The van der Waals surface area contributed by atoms with Gasteiger partial charge in [0, 0.05) is 18.8 Å². The molecule has 2 fully saturated rings. The van der Waals surface area contributed by atoms with E-state index in [-0.39, 0.29) is 0 Å². The summed E-state index contributed by atoms with van der Waals surface area (Å²) in [5, 5.41) is 8.54. The van der Waals surface area contributed by atoms with Gasteiger partial charge in [0.15, 0.2) is 0 Å². The predicted octanol–water partition coefficient (Wildman–Crippen LogP) is 0.838. The molecule has 1 heterocycles. The molecule has 0 radical (unpaired) electrons. The van der Waals surface area contributed by atoms with E-state index in [4.69, 9.17) is 9.84 Å². The third kappa shape index (κ3) is 1.90. The van der Waals surface area contributed by atoms with Gasteiger partial charge in [-0.15, -0.1) is 0 Å². The van der Waals surface area contributed by atoms with Gasteiger partial charge in [-0.1, -0.05) is 0 Å². The maximum Gasteiger partial charge on any atom is 0.329 e. The average Bonchev–Trinajstić information content (AvgIpc) is 2.62. The molecule has 4 heteroatoms. The summed E-state index contributed by atoms with van der Waals surface area (Å²) in [6, 6.07) is 0.402. The molecule has 0 bridgehead atoms. The Morgan fingerprint density at radius 1 is 1.50 bits per heavy atom. The average molecular weight is 197 g/mol. The van der Waals surface area contributed by atoms with Crippen molar-refractivity contribution in [2.45, 2.75) is 31.4 Å². The van der Waals surface area contributed by atoms with E-state index in [9.17, 15) is 4.79 Å². The second kappa shape index (κ2) is 4.00. The van der Waals surface area contributed by atoms with Gasteiger partial charge in [-0.05, 0) is 19.3 Å². The number of aliphatic carboxylic acids is 1. The standard InChI is InChI=1S/C10H15NO3/c12-10(13)4-5-11-6-7-14-9-3-1-2-8(9)11/h4-5,8-9H,1-3,6-7H2,(H,12,13)/b5-4+. The predicted molar refractivity (Wildman–Crippen MR) is 50.9 cm³/mol. The molecule has 1 aliphatic heterocycles. The summed E-state index contributed by atoms with van der Waals surface area (Å²) in [6.45, 7) is 1.52. The van der Waals surface area contributed by atoms with Crippen LogP contribution in [0.3, 0.4) is 0 Å². The molecule has 1 saturated carbocycles. The van der Waals surface area contributed by atoms with Gasteiger partial charge in [0.2, 0.25) is 0 Å². The van der Waals surface area contributed by atoms with Gasteiger partial charge in [0.25, 0.3) is 0 Å². The number of rotatable bonds is 2. The third-order valence-electron chi connectivity index (χ3n) is 2.93. The van der Waals surface area contributed by atoms with Gasteiger partial charge in [0.1, 0.15) is 0 Å². The van der Waals surface area contributed by atoms with Crippen LogP contribution in [0.2, 0.25) is 0 Å². The number of hydrogen-bond acceptors (Lipinski definition) is 3. The zero-order valence-electron chi connectivity index (χ0n) is 8.06. The minimum atomic E-state index is -0.883. The number of nitrogens with zero attached hydrogens (tertiary/aromatic N) is 1. The molecule has 0 aromatic heterocycles. The Kier molecular flexibility index (Phi) is 2.72. The second-order valence-corrected chi connectivity index (χ2v) is 3.80. The van der Waals surface area contributed by atoms with Gasteiger partial charge in [-0.25, -0.2) is 4.79 Å². The molecule has 0 aromatic rings. The highest BCUT2D eigenvalue weighted by Crippen LogP contribution is 2.29. The van der Waals surface area contributed by atoms with Crippen molar-refractivity contribution in [3.05, 3.63) is 12.3 Å². The van der Waals surface area contributed by atoms with Gasteiger partial charge in [-0.2, -0.15) is 0 Å². The van der Waals surface area contributed by atoms with Crippen LogP contribution in [0.1, 0.15) is 19.3 Å². The minimum absolute atomic E-state index is 0.321. The lowest BCUT2D eigenvalue weighted by atomic mass is 10.1. The molecule has 4 nitrogen and oxygen atoms in total. The highest BCUT2D eigenvalue weighted by Gasteiger charge is 2.34. The molecule has 1 N–H and O–H groups in total. The quantitative estimate of drug-likeness (QED) is 0.666. The van der Waals surface area contributed by atoms with Crippen LogP contribution >= 0.6 is 0 Å². The Bertz CT molecular complexity index is 252. The van der Waals surface area contributed by atoms with Crippen molar-refractivity contribution in [1.29, 1.82) is 0 Å². The van der Waals surface area contributed by atoms with Gasteiger partial charge < -0.3 is 14.7 Å². The van der Waals surface area contributed by atoms with Crippen LogP contribution < -0.4 is 0 Å². The summed E-state index contributed by atoms with van der Waals surface area (Å²) >= 11 is 0. The van der Waals surface area contributed by atoms with E-state index in [2.05, 4.69) is 4.90 Å². The van der Waals surface area contributed by atoms with E-state index in [1.54, 1.807) is 6.20 Å². The molecule has 0 spiro atoms. The monoisotopic (exact) mass is 197 g/mol. The summed E-state index contributed by atoms with van der Waals surface area (Å²) in [5.41, 5.74) is 0. The lowest BCUT2D eigenvalue weighted by molar-refractivity contribution is -0.131. The Labute approximate surface area is 83.2 Å². The summed E-state index contributed by atoms with van der Waals surface area (Å²) < 4.78 is 5.62. The molecular formula is C10H15NO3. The summed E-state index contributed by atoms with van der Waals surface area (Å²) in [6.07, 6.45) is 6.64. The van der Waals surface area contributed by atoms with E-state index in [0.29, 0.717) is 18.8 Å². The van der Waals surface area contributed by atoms with Crippen molar-refractivity contribution >= 4 is 5.97 Å². The summed E-state index contributed by atoms with van der Waals surface area (Å²) in [4.78, 5) is 12.5. The molecular weight excluding hydrogens is 182 g/mol. The van der Waals surface area contributed by atoms with Crippen molar-refractivity contribution in [2.75, 3.05) is 13.2 Å². The SMILES string of the molecule is O=C(O)/C=C/N1CCOC2CCCC21. The van der Waals surface area contributed by atoms with Crippen molar-refractivity contribution in [1.82, 2.24) is 4.90 Å². The van der Waals surface area contributed by atoms with Gasteiger partial charge >= 0.3 is 5.97 Å². The van der Waals surface area contributed by atoms with Crippen LogP contribution in [0.25, 0.3) is 0 Å². The molecule has 78 valence electrons. The lowest BCUT2D eigenvalue weighted by Crippen LogP contribution is -2.45. The van der Waals surface area contributed by atoms with Crippen molar-refractivity contribution in [3.8, 4) is 0 Å². The number of carbonyl (C=O) groups is 1. The normalized spacial score (nSPS) is 32.1. The van der Waals surface area contributed by atoms with Crippen LogP contribution in [0.4, 0.5) is 0 Å². The Balaban J connectivity index is 1.99. The third-order valence-corrected chi connectivity index (χ3v) is 2.93. The highest BCUT2D eigenvalue weighted by molar-refractivity contribution is 5.79. The first kappa shape index (κ1) is 9.52. The van der Waals surface area contributed by atoms with Crippen LogP contribution in [0.5, 0.6) is 0 Å². The molecule has 1 saturated heterocycles. The fourth-order valence-electron chi connectivity index (χ4n) is 2.30. The largest absolute Gasteiger partial charge is 0.478 e. The van der Waals surface area contributed by atoms with Gasteiger partial charge in [-0.3, -0.25) is 0 Å². The Hall–Kier alpha value is -1.03. The second-order valence-electron chi connectivity index (χ2n) is 3.80. The topological polar surface area (TPSA) is 49.8 Å². The molecule has 2 unspecified atom stereocenters. The molecule has 2 aliphatic rings. The fraction of sp³-hybridized carbons (Fsp3) is 0.700. The first-order chi connectivity index (χ1) is 6.77. The van der Waals surface area contributed by atoms with E-state index < -0.39 is 5.97 Å². The minimum Gasteiger partial charge on any atom is -0.478 e. The molecule has 0 aromatic carbocycles. The maximum atomic E-state index is 10.4. The highest BCUT2D eigenvalue weighted by atomic mass is 16.5. The number of carboxylic acid groups (broad SMARTS) is 1. The summed E-state index contributed by atoms with van der Waals surface area (Å²) in [7, 11) is 0. The van der Waals surface area contributed by atoms with E-state index in [1.165, 1.54) is 12.5 Å². The van der Waals surface area contributed by atoms with E-state index in [0.717, 1.165) is 19.4 Å². The van der Waals surface area contributed by atoms with Crippen LogP contribution in [-0.2, 0) is 9.53 Å². The zero-order valence-corrected chi connectivity index (χ0v) is 8.06. The maximum absolute atomic E-state index is 10.4. The van der Waals surface area contributed by atoms with Gasteiger partial charge in [0.05, 0.1) is 18.8 Å². The Morgan fingerprint density at radius 3 is 3.14 bits per heavy atom. The van der Waals surface area contributed by atoms with Crippen LogP contribution in [0.15, 0.2) is 12.3 Å². The number of morpholine rings is 1. The molecule has 2 atom stereocenters. The fourth-order valence-corrected chi connectivity index (χ4v) is 2.30. The number of carboxylic acids is 1. The van der Waals surface area contributed by atoms with E-state index in [1.807, 2.05) is 0 Å². The van der Waals surface area contributed by atoms with Crippen molar-refractivity contribution in [2.24, 2.45) is 0 Å². The Morgan fingerprint density at radius 2 is 2.36 bits per heavy atom. The smallest absolute Gasteiger partial charge is 0.329 e. The van der Waals surface area contributed by atoms with Crippen LogP contribution in [-0.4, -0.2) is 41.3 Å². The molecule has 1 aliphatic carbocycles. The molecule has 0 amide bonds. The van der Waals surface area contributed by atoms with Crippen molar-refractivity contribution < 1.29 is 14.6 Å². The van der Waals surface area contributed by atoms with Crippen LogP contribution in [0, 0.1) is 0 Å².